The molecule has 2 saturated carbocycles. The number of carboxylic acid groups (broad SMARTS) is 1. The van der Waals surface area contributed by atoms with Gasteiger partial charge in [-0.2, -0.15) is 0 Å². The van der Waals surface area contributed by atoms with Crippen molar-refractivity contribution >= 4 is 11.9 Å². The van der Waals surface area contributed by atoms with Gasteiger partial charge in [-0.25, -0.2) is 0 Å². The summed E-state index contributed by atoms with van der Waals surface area (Å²) in [7, 11) is 0. The van der Waals surface area contributed by atoms with Gasteiger partial charge in [-0.1, -0.05) is 32.1 Å². The van der Waals surface area contributed by atoms with Gasteiger partial charge < -0.3 is 10.4 Å². The molecule has 2 fully saturated rings. The molecule has 2 N–H and O–H groups in total. The van der Waals surface area contributed by atoms with E-state index in [1.165, 1.54) is 12.8 Å². The zero-order valence-corrected chi connectivity index (χ0v) is 10.9. The molecule has 0 spiro atoms. The quantitative estimate of drug-likeness (QED) is 0.763. The molecule has 0 unspecified atom stereocenters. The molecule has 4 nitrogen and oxygen atoms in total. The molecule has 0 aromatic carbocycles. The Morgan fingerprint density at radius 3 is 2.39 bits per heavy atom. The minimum absolute atomic E-state index is 0.0214. The van der Waals surface area contributed by atoms with Crippen molar-refractivity contribution in [3.8, 4) is 0 Å². The van der Waals surface area contributed by atoms with E-state index in [9.17, 15) is 14.7 Å². The van der Waals surface area contributed by atoms with E-state index in [1.54, 1.807) is 0 Å². The second kappa shape index (κ2) is 5.72. The lowest BCUT2D eigenvalue weighted by Gasteiger charge is -2.33. The number of aliphatic carboxylic acids is 1. The van der Waals surface area contributed by atoms with Gasteiger partial charge in [0.05, 0.1) is 5.41 Å². The zero-order chi connectivity index (χ0) is 13.0. The van der Waals surface area contributed by atoms with E-state index in [0.717, 1.165) is 31.6 Å². The lowest BCUT2D eigenvalue weighted by Crippen LogP contribution is -2.44. The van der Waals surface area contributed by atoms with Gasteiger partial charge >= 0.3 is 5.97 Å². The number of nitrogens with one attached hydrogen (secondary N) is 1. The fourth-order valence-electron chi connectivity index (χ4n) is 2.79. The van der Waals surface area contributed by atoms with E-state index in [1.807, 2.05) is 0 Å². The first-order valence-corrected chi connectivity index (χ1v) is 7.12. The van der Waals surface area contributed by atoms with E-state index in [4.69, 9.17) is 0 Å². The Labute approximate surface area is 108 Å². The van der Waals surface area contributed by atoms with Crippen molar-refractivity contribution in [2.75, 3.05) is 6.54 Å². The number of rotatable bonds is 6. The average Bonchev–Trinajstić information content (AvgIpc) is 3.19. The number of hydrogen-bond acceptors (Lipinski definition) is 2. The van der Waals surface area contributed by atoms with E-state index >= 15 is 0 Å². The Balaban J connectivity index is 1.77. The summed E-state index contributed by atoms with van der Waals surface area (Å²) in [4.78, 5) is 23.1. The number of carboxylic acids is 1. The van der Waals surface area contributed by atoms with Crippen molar-refractivity contribution < 1.29 is 14.7 Å². The molecule has 18 heavy (non-hydrogen) atoms. The van der Waals surface area contributed by atoms with Crippen LogP contribution in [0.2, 0.25) is 0 Å². The number of amides is 1. The minimum atomic E-state index is -0.746. The molecular weight excluding hydrogens is 230 g/mol. The van der Waals surface area contributed by atoms with Gasteiger partial charge in [0, 0.05) is 13.0 Å². The summed E-state index contributed by atoms with van der Waals surface area (Å²) < 4.78 is 0. The molecular formula is C14H23NO3. The molecule has 102 valence electrons. The second-order valence-electron chi connectivity index (χ2n) is 5.90. The molecule has 0 aromatic rings. The molecule has 0 atom stereocenters. The van der Waals surface area contributed by atoms with Crippen molar-refractivity contribution in [2.45, 2.75) is 57.8 Å². The molecule has 2 aliphatic rings. The molecule has 0 aliphatic heterocycles. The third-order valence-corrected chi connectivity index (χ3v) is 4.36. The Bertz CT molecular complexity index is 317. The van der Waals surface area contributed by atoms with Gasteiger partial charge in [-0.15, -0.1) is 0 Å². The molecule has 0 saturated heterocycles. The van der Waals surface area contributed by atoms with E-state index in [0.29, 0.717) is 25.8 Å². The highest BCUT2D eigenvalue weighted by Gasteiger charge is 2.39. The predicted molar refractivity (Wildman–Crippen MR) is 68.1 cm³/mol. The Hall–Kier alpha value is -1.06. The molecule has 4 heteroatoms. The lowest BCUT2D eigenvalue weighted by atomic mass is 9.74. The molecule has 0 heterocycles. The minimum Gasteiger partial charge on any atom is -0.481 e. The summed E-state index contributed by atoms with van der Waals surface area (Å²) >= 11 is 0. The van der Waals surface area contributed by atoms with Crippen LogP contribution in [0.4, 0.5) is 0 Å². The first-order valence-electron chi connectivity index (χ1n) is 7.12. The van der Waals surface area contributed by atoms with Gasteiger partial charge in [-0.05, 0) is 25.2 Å². The van der Waals surface area contributed by atoms with Crippen LogP contribution in [0.25, 0.3) is 0 Å². The summed E-state index contributed by atoms with van der Waals surface area (Å²) in [6.45, 7) is 0.311. The zero-order valence-electron chi connectivity index (χ0n) is 10.9. The van der Waals surface area contributed by atoms with Crippen LogP contribution in [0.5, 0.6) is 0 Å². The third kappa shape index (κ3) is 3.47. The van der Waals surface area contributed by atoms with Gasteiger partial charge in [0.15, 0.2) is 0 Å². The first-order chi connectivity index (χ1) is 8.62. The van der Waals surface area contributed by atoms with Crippen LogP contribution in [-0.2, 0) is 9.59 Å². The van der Waals surface area contributed by atoms with Crippen LogP contribution in [0, 0.1) is 11.3 Å². The van der Waals surface area contributed by atoms with E-state index < -0.39 is 11.4 Å². The highest BCUT2D eigenvalue weighted by Crippen LogP contribution is 2.36. The second-order valence-corrected chi connectivity index (χ2v) is 5.90. The largest absolute Gasteiger partial charge is 0.481 e. The molecule has 1 amide bonds. The SMILES string of the molecule is O=C(CCC1CC1)NCC1(C(=O)O)CCCCC1. The highest BCUT2D eigenvalue weighted by atomic mass is 16.4. The van der Waals surface area contributed by atoms with Crippen LogP contribution < -0.4 is 5.32 Å². The smallest absolute Gasteiger partial charge is 0.311 e. The summed E-state index contributed by atoms with van der Waals surface area (Å²) in [6.07, 6.45) is 8.47. The summed E-state index contributed by atoms with van der Waals surface area (Å²) in [5.41, 5.74) is -0.701. The van der Waals surface area contributed by atoms with Gasteiger partial charge in [0.2, 0.25) is 5.91 Å². The molecule has 0 bridgehead atoms. The molecule has 2 rings (SSSR count). The lowest BCUT2D eigenvalue weighted by molar-refractivity contribution is -0.151. The number of hydrogen-bond donors (Lipinski definition) is 2. The van der Waals surface area contributed by atoms with Gasteiger partial charge in [0.1, 0.15) is 0 Å². The fraction of sp³-hybridized carbons (Fsp3) is 0.857. The summed E-state index contributed by atoms with van der Waals surface area (Å²) in [5, 5.41) is 12.2. The average molecular weight is 253 g/mol. The third-order valence-electron chi connectivity index (χ3n) is 4.36. The fourth-order valence-corrected chi connectivity index (χ4v) is 2.79. The first kappa shape index (κ1) is 13.4. The van der Waals surface area contributed by atoms with Crippen LogP contribution >= 0.6 is 0 Å². The highest BCUT2D eigenvalue weighted by molar-refractivity contribution is 5.79. The van der Waals surface area contributed by atoms with Crippen LogP contribution in [0.1, 0.15) is 57.8 Å². The number of carbonyl (C=O) groups is 2. The maximum absolute atomic E-state index is 11.7. The number of carbonyl (C=O) groups excluding carboxylic acids is 1. The Morgan fingerprint density at radius 1 is 1.17 bits per heavy atom. The monoisotopic (exact) mass is 253 g/mol. The van der Waals surface area contributed by atoms with Crippen molar-refractivity contribution in [1.29, 1.82) is 0 Å². The summed E-state index contributed by atoms with van der Waals surface area (Å²) in [6, 6.07) is 0. The topological polar surface area (TPSA) is 66.4 Å². The van der Waals surface area contributed by atoms with E-state index in [2.05, 4.69) is 5.32 Å². The van der Waals surface area contributed by atoms with Crippen LogP contribution in [-0.4, -0.2) is 23.5 Å². The van der Waals surface area contributed by atoms with Gasteiger partial charge in [-0.3, -0.25) is 9.59 Å². The van der Waals surface area contributed by atoms with Crippen molar-refractivity contribution in [3.63, 3.8) is 0 Å². The van der Waals surface area contributed by atoms with Crippen molar-refractivity contribution in [2.24, 2.45) is 11.3 Å². The maximum atomic E-state index is 11.7. The molecule has 0 radical (unpaired) electrons. The van der Waals surface area contributed by atoms with Crippen molar-refractivity contribution in [3.05, 3.63) is 0 Å². The van der Waals surface area contributed by atoms with Crippen LogP contribution in [0.3, 0.4) is 0 Å². The summed E-state index contributed by atoms with van der Waals surface area (Å²) in [5.74, 6) is 0.0247. The Kier molecular flexibility index (Phi) is 4.25. The Morgan fingerprint density at radius 2 is 1.83 bits per heavy atom. The normalized spacial score (nSPS) is 22.4. The van der Waals surface area contributed by atoms with Gasteiger partial charge in [0.25, 0.3) is 0 Å². The molecule has 2 aliphatic carbocycles. The molecule has 0 aromatic heterocycles. The van der Waals surface area contributed by atoms with Crippen molar-refractivity contribution in [1.82, 2.24) is 5.32 Å². The maximum Gasteiger partial charge on any atom is 0.311 e. The van der Waals surface area contributed by atoms with E-state index in [-0.39, 0.29) is 5.91 Å². The van der Waals surface area contributed by atoms with Crippen LogP contribution in [0.15, 0.2) is 0 Å². The standard InChI is InChI=1S/C14H23NO3/c16-12(7-6-11-4-5-11)15-10-14(13(17)18)8-2-1-3-9-14/h11H,1-10H2,(H,15,16)(H,17,18). The predicted octanol–water partition coefficient (Wildman–Crippen LogP) is 2.33.